The van der Waals surface area contributed by atoms with E-state index in [0.29, 0.717) is 52.0 Å². The van der Waals surface area contributed by atoms with Gasteiger partial charge in [0.25, 0.3) is 0 Å². The molecular formula is C33H40F4N2O3. The lowest BCUT2D eigenvalue weighted by Crippen LogP contribution is -2.49. The summed E-state index contributed by atoms with van der Waals surface area (Å²) in [5.74, 6) is -0.298. The molecule has 5 N–H and O–H groups in total. The van der Waals surface area contributed by atoms with E-state index in [1.54, 1.807) is 56.3 Å². The molecule has 0 saturated carbocycles. The average molecular weight is 589 g/mol. The van der Waals surface area contributed by atoms with E-state index in [4.69, 9.17) is 16.2 Å². The van der Waals surface area contributed by atoms with Crippen LogP contribution in [0.5, 0.6) is 0 Å². The van der Waals surface area contributed by atoms with Crippen LogP contribution >= 0.6 is 0 Å². The van der Waals surface area contributed by atoms with Gasteiger partial charge >= 0.3 is 6.18 Å². The van der Waals surface area contributed by atoms with E-state index < -0.39 is 42.6 Å². The quantitative estimate of drug-likeness (QED) is 0.165. The van der Waals surface area contributed by atoms with Gasteiger partial charge in [-0.15, -0.1) is 0 Å². The highest BCUT2D eigenvalue weighted by Gasteiger charge is 2.56. The zero-order chi connectivity index (χ0) is 31.7. The van der Waals surface area contributed by atoms with Gasteiger partial charge < -0.3 is 21.3 Å². The first-order chi connectivity index (χ1) is 19.6. The Morgan fingerprint density at radius 3 is 2.36 bits per heavy atom. The molecule has 1 aliphatic rings. The molecule has 1 aromatic carbocycles. The van der Waals surface area contributed by atoms with Crippen molar-refractivity contribution in [3.8, 4) is 0 Å². The number of hydrogen-bond acceptors (Lipinski definition) is 4. The number of rotatable bonds is 13. The molecule has 1 atom stereocenters. The number of primary amides is 1. The third-order valence-corrected chi connectivity index (χ3v) is 7.09. The SMILES string of the molecule is C=C/C(=C1/OCC/C1=C/CF)C(C)(C)CC(O)(C/C(N)=C/C(=C/C=C\C(=C)c1ccccc1C(N)=O)CC)C(F)(F)F. The van der Waals surface area contributed by atoms with Crippen molar-refractivity contribution in [3.63, 3.8) is 0 Å². The number of hydrogen-bond donors (Lipinski definition) is 3. The second-order valence-electron chi connectivity index (χ2n) is 10.8. The van der Waals surface area contributed by atoms with Crippen LogP contribution in [0.25, 0.3) is 5.57 Å². The molecule has 228 valence electrons. The van der Waals surface area contributed by atoms with Crippen LogP contribution < -0.4 is 11.5 Å². The van der Waals surface area contributed by atoms with Crippen molar-refractivity contribution in [2.24, 2.45) is 16.9 Å². The number of allylic oxidation sites excluding steroid dienone is 10. The van der Waals surface area contributed by atoms with Crippen LogP contribution in [0.15, 0.2) is 102 Å². The molecule has 1 saturated heterocycles. The number of benzene rings is 1. The van der Waals surface area contributed by atoms with Gasteiger partial charge in [0.2, 0.25) is 5.91 Å². The smallest absolute Gasteiger partial charge is 0.417 e. The number of alkyl halides is 4. The van der Waals surface area contributed by atoms with Gasteiger partial charge in [0, 0.05) is 24.1 Å². The van der Waals surface area contributed by atoms with Gasteiger partial charge in [0.05, 0.1) is 6.61 Å². The molecule has 0 spiro atoms. The Labute approximate surface area is 245 Å². The minimum absolute atomic E-state index is 0.159. The molecule has 1 fully saturated rings. The van der Waals surface area contributed by atoms with E-state index in [2.05, 4.69) is 13.2 Å². The Kier molecular flexibility index (Phi) is 11.7. The second-order valence-corrected chi connectivity index (χ2v) is 10.8. The van der Waals surface area contributed by atoms with E-state index >= 15 is 0 Å². The lowest BCUT2D eigenvalue weighted by atomic mass is 9.72. The van der Waals surface area contributed by atoms with Crippen LogP contribution in [0.3, 0.4) is 0 Å². The van der Waals surface area contributed by atoms with E-state index in [-0.39, 0.29) is 12.3 Å². The summed E-state index contributed by atoms with van der Waals surface area (Å²) in [5.41, 5.74) is 9.83. The van der Waals surface area contributed by atoms with Crippen molar-refractivity contribution < 1.29 is 32.2 Å². The van der Waals surface area contributed by atoms with Gasteiger partial charge in [-0.05, 0) is 64.3 Å². The number of aliphatic hydroxyl groups is 1. The molecule has 1 unspecified atom stereocenters. The molecule has 0 aromatic heterocycles. The van der Waals surface area contributed by atoms with Crippen LogP contribution in [0.2, 0.25) is 0 Å². The zero-order valence-electron chi connectivity index (χ0n) is 24.4. The molecular weight excluding hydrogens is 548 g/mol. The molecule has 5 nitrogen and oxygen atoms in total. The standard InChI is InChI=1S/C33H40F4N2O3/c1-6-23(12-10-11-22(3)26-13-8-9-14-27(26)30(39)40)19-25(38)20-32(41,33(35,36)37)21-31(4,5)28(7-2)29-24(15-17-34)16-18-42-29/h7-15,19,41H,2-3,6,16-18,20-21,38H2,1,4-5H3,(H2,39,40)/b11-10-,23-12+,24-15-,25-19-,29-28-. The summed E-state index contributed by atoms with van der Waals surface area (Å²) < 4.78 is 61.7. The van der Waals surface area contributed by atoms with Gasteiger partial charge in [-0.25, -0.2) is 4.39 Å². The first-order valence-corrected chi connectivity index (χ1v) is 13.6. The van der Waals surface area contributed by atoms with E-state index in [0.717, 1.165) is 0 Å². The molecule has 2 rings (SSSR count). The Balaban J connectivity index is 2.35. The number of ether oxygens (including phenoxy) is 1. The summed E-state index contributed by atoms with van der Waals surface area (Å²) in [7, 11) is 0. The maximum atomic E-state index is 14.4. The number of halogens is 4. The third kappa shape index (κ3) is 8.58. The van der Waals surface area contributed by atoms with Gasteiger partial charge in [-0.3, -0.25) is 4.79 Å². The predicted molar refractivity (Wildman–Crippen MR) is 160 cm³/mol. The van der Waals surface area contributed by atoms with Crippen molar-refractivity contribution in [1.82, 2.24) is 0 Å². The van der Waals surface area contributed by atoms with Gasteiger partial charge in [0.15, 0.2) is 5.60 Å². The summed E-state index contributed by atoms with van der Waals surface area (Å²) >= 11 is 0. The summed E-state index contributed by atoms with van der Waals surface area (Å²) in [6.45, 7) is 12.2. The largest absolute Gasteiger partial charge is 0.493 e. The lowest BCUT2D eigenvalue weighted by Gasteiger charge is -2.39. The number of carbonyl (C=O) groups is 1. The zero-order valence-corrected chi connectivity index (χ0v) is 24.4. The van der Waals surface area contributed by atoms with Gasteiger partial charge in [-0.2, -0.15) is 13.2 Å². The Morgan fingerprint density at radius 2 is 1.81 bits per heavy atom. The number of nitrogens with two attached hydrogens (primary N) is 2. The van der Waals surface area contributed by atoms with Crippen LogP contribution in [-0.2, 0) is 4.74 Å². The molecule has 0 aliphatic carbocycles. The maximum Gasteiger partial charge on any atom is 0.417 e. The summed E-state index contributed by atoms with van der Waals surface area (Å²) in [6, 6.07) is 6.73. The molecule has 1 aliphatic heterocycles. The molecule has 1 aromatic rings. The maximum absolute atomic E-state index is 14.4. The van der Waals surface area contributed by atoms with E-state index in [1.165, 1.54) is 18.2 Å². The second kappa shape index (κ2) is 14.4. The van der Waals surface area contributed by atoms with Crippen molar-refractivity contribution in [2.75, 3.05) is 13.3 Å². The Hall–Kier alpha value is -3.85. The molecule has 0 radical (unpaired) electrons. The number of amides is 1. The molecule has 1 heterocycles. The fraction of sp³-hybridized carbons (Fsp3) is 0.364. The van der Waals surface area contributed by atoms with Crippen molar-refractivity contribution in [2.45, 2.75) is 58.2 Å². The minimum atomic E-state index is -5.00. The summed E-state index contributed by atoms with van der Waals surface area (Å²) in [4.78, 5) is 11.7. The number of carbonyl (C=O) groups excluding carboxylic acids is 1. The predicted octanol–water partition coefficient (Wildman–Crippen LogP) is 7.39. The van der Waals surface area contributed by atoms with E-state index in [9.17, 15) is 27.5 Å². The Morgan fingerprint density at radius 1 is 1.17 bits per heavy atom. The molecule has 9 heteroatoms. The molecule has 0 bridgehead atoms. The van der Waals surface area contributed by atoms with Crippen molar-refractivity contribution in [3.05, 3.63) is 113 Å². The lowest BCUT2D eigenvalue weighted by molar-refractivity contribution is -0.267. The van der Waals surface area contributed by atoms with Crippen molar-refractivity contribution in [1.29, 1.82) is 0 Å². The average Bonchev–Trinajstić information content (AvgIpc) is 3.34. The summed E-state index contributed by atoms with van der Waals surface area (Å²) in [6.07, 6.45) is 3.35. The van der Waals surface area contributed by atoms with Crippen LogP contribution in [-0.4, -0.2) is 36.1 Å². The van der Waals surface area contributed by atoms with Crippen LogP contribution in [0.1, 0.15) is 62.4 Å². The minimum Gasteiger partial charge on any atom is -0.493 e. The molecule has 1 amide bonds. The fourth-order valence-electron chi connectivity index (χ4n) is 5.02. The van der Waals surface area contributed by atoms with Crippen LogP contribution in [0, 0.1) is 5.41 Å². The van der Waals surface area contributed by atoms with Gasteiger partial charge in [0.1, 0.15) is 12.4 Å². The van der Waals surface area contributed by atoms with E-state index in [1.807, 2.05) is 6.92 Å². The normalized spacial score (nSPS) is 18.6. The first kappa shape index (κ1) is 34.4. The Bertz CT molecular complexity index is 1330. The fourth-order valence-corrected chi connectivity index (χ4v) is 5.02. The van der Waals surface area contributed by atoms with Crippen molar-refractivity contribution >= 4 is 11.5 Å². The van der Waals surface area contributed by atoms with Gasteiger partial charge in [-0.1, -0.05) is 76.4 Å². The third-order valence-electron chi connectivity index (χ3n) is 7.09. The highest BCUT2D eigenvalue weighted by molar-refractivity contribution is 5.98. The molecule has 42 heavy (non-hydrogen) atoms. The summed E-state index contributed by atoms with van der Waals surface area (Å²) in [5, 5.41) is 11.0. The monoisotopic (exact) mass is 588 g/mol. The van der Waals surface area contributed by atoms with Crippen LogP contribution in [0.4, 0.5) is 17.6 Å². The highest BCUT2D eigenvalue weighted by Crippen LogP contribution is 2.47. The first-order valence-electron chi connectivity index (χ1n) is 13.6. The topological polar surface area (TPSA) is 98.6 Å². The highest BCUT2D eigenvalue weighted by atomic mass is 19.4.